The number of rotatable bonds is 7. The highest BCUT2D eigenvalue weighted by molar-refractivity contribution is 7.17. The molecule has 3 atom stereocenters. The lowest BCUT2D eigenvalue weighted by molar-refractivity contribution is 0.0717. The van der Waals surface area contributed by atoms with Gasteiger partial charge in [0.25, 0.3) is 0 Å². The smallest absolute Gasteiger partial charge is 0.319 e. The molecule has 6 heterocycles. The standard InChI is InChI=1S/C30H35ClFN7OS/c1-3-30(10-5-11-39(30)4-2)16-40-29-36-27-19(28(37-29)38-13-17-6-7-18(14-38)34-17)12-21(31)24(25(27)32)20-15-41-22-8-9-23(33)35-26(20)22/h8-9,12,15,17-18,34H,3-7,10-11,13-14,16H2,1-2H3,(H2,33,35). The van der Waals surface area contributed by atoms with Crippen LogP contribution in [0.3, 0.4) is 0 Å². The number of benzene rings is 1. The van der Waals surface area contributed by atoms with Crippen molar-refractivity contribution >= 4 is 55.7 Å². The van der Waals surface area contributed by atoms with Crippen molar-refractivity contribution < 1.29 is 9.13 Å². The van der Waals surface area contributed by atoms with Crippen molar-refractivity contribution in [3.05, 3.63) is 34.4 Å². The van der Waals surface area contributed by atoms with Gasteiger partial charge in [0.05, 0.1) is 20.8 Å². The van der Waals surface area contributed by atoms with Gasteiger partial charge in [-0.2, -0.15) is 9.97 Å². The third kappa shape index (κ3) is 4.59. The Morgan fingerprint density at radius 1 is 1.17 bits per heavy atom. The number of nitrogens with two attached hydrogens (primary N) is 1. The molecule has 4 aromatic rings. The van der Waals surface area contributed by atoms with Gasteiger partial charge in [-0.1, -0.05) is 25.4 Å². The molecule has 0 spiro atoms. The molecule has 3 aromatic heterocycles. The van der Waals surface area contributed by atoms with E-state index in [1.807, 2.05) is 11.4 Å². The van der Waals surface area contributed by atoms with E-state index >= 15 is 4.39 Å². The molecule has 3 saturated heterocycles. The number of pyridine rings is 1. The van der Waals surface area contributed by atoms with Gasteiger partial charge in [-0.15, -0.1) is 11.3 Å². The average Bonchev–Trinajstić information content (AvgIpc) is 3.68. The summed E-state index contributed by atoms with van der Waals surface area (Å²) in [5.74, 6) is 0.558. The molecule has 0 radical (unpaired) electrons. The number of thiophene rings is 1. The molecule has 0 saturated carbocycles. The maximum Gasteiger partial charge on any atom is 0.319 e. The molecule has 41 heavy (non-hydrogen) atoms. The number of hydrogen-bond acceptors (Lipinski definition) is 9. The minimum Gasteiger partial charge on any atom is -0.461 e. The van der Waals surface area contributed by atoms with Crippen LogP contribution in [0.15, 0.2) is 23.6 Å². The number of fused-ring (bicyclic) bond motifs is 4. The second-order valence-corrected chi connectivity index (χ2v) is 12.9. The molecule has 11 heteroatoms. The summed E-state index contributed by atoms with van der Waals surface area (Å²) in [6, 6.07) is 6.43. The van der Waals surface area contributed by atoms with Crippen LogP contribution < -0.4 is 20.7 Å². The molecule has 0 aliphatic carbocycles. The highest BCUT2D eigenvalue weighted by atomic mass is 35.5. The van der Waals surface area contributed by atoms with Crippen LogP contribution in [0.4, 0.5) is 16.0 Å². The van der Waals surface area contributed by atoms with E-state index in [9.17, 15) is 0 Å². The van der Waals surface area contributed by atoms with Crippen molar-refractivity contribution in [2.75, 3.05) is 43.4 Å². The maximum absolute atomic E-state index is 16.7. The fourth-order valence-electron chi connectivity index (χ4n) is 7.14. The van der Waals surface area contributed by atoms with Gasteiger partial charge < -0.3 is 20.7 Å². The number of nitrogens with zero attached hydrogens (tertiary/aromatic N) is 5. The van der Waals surface area contributed by atoms with Gasteiger partial charge in [0, 0.05) is 47.1 Å². The molecule has 0 amide bonds. The van der Waals surface area contributed by atoms with E-state index in [0.29, 0.717) is 51.8 Å². The summed E-state index contributed by atoms with van der Waals surface area (Å²) < 4.78 is 24.0. The van der Waals surface area contributed by atoms with Gasteiger partial charge in [0.1, 0.15) is 23.8 Å². The summed E-state index contributed by atoms with van der Waals surface area (Å²) in [7, 11) is 0. The SMILES string of the molecule is CCN1CCCC1(CC)COc1nc(N2CC3CCC(C2)N3)c2cc(Cl)c(-c3csc4ccc(N)nc34)c(F)c2n1. The highest BCUT2D eigenvalue weighted by Gasteiger charge is 2.40. The molecule has 3 aliphatic rings. The molecule has 1 aromatic carbocycles. The van der Waals surface area contributed by atoms with Crippen LogP contribution in [0.5, 0.6) is 6.01 Å². The first kappa shape index (κ1) is 27.1. The van der Waals surface area contributed by atoms with Crippen molar-refractivity contribution in [3.8, 4) is 17.1 Å². The van der Waals surface area contributed by atoms with Crippen molar-refractivity contribution in [2.24, 2.45) is 0 Å². The van der Waals surface area contributed by atoms with Gasteiger partial charge in [0.15, 0.2) is 5.82 Å². The topological polar surface area (TPSA) is 92.4 Å². The number of nitrogens with one attached hydrogen (secondary N) is 1. The lowest BCUT2D eigenvalue weighted by atomic mass is 9.94. The van der Waals surface area contributed by atoms with Crippen molar-refractivity contribution in [1.29, 1.82) is 0 Å². The zero-order valence-corrected chi connectivity index (χ0v) is 25.0. The summed E-state index contributed by atoms with van der Waals surface area (Å²) >= 11 is 8.34. The molecular formula is C30H35ClFN7OS. The van der Waals surface area contributed by atoms with Crippen LogP contribution in [0.1, 0.15) is 46.0 Å². The second kappa shape index (κ2) is 10.5. The number of anilines is 2. The lowest BCUT2D eigenvalue weighted by Gasteiger charge is -2.37. The zero-order chi connectivity index (χ0) is 28.3. The van der Waals surface area contributed by atoms with Crippen LogP contribution >= 0.6 is 22.9 Å². The maximum atomic E-state index is 16.7. The number of ether oxygens (including phenoxy) is 1. The normalized spacial score (nSPS) is 24.6. The number of likely N-dealkylation sites (tertiary alicyclic amines) is 1. The first-order valence-electron chi connectivity index (χ1n) is 14.6. The molecule has 8 nitrogen and oxygen atoms in total. The molecular weight excluding hydrogens is 561 g/mol. The Morgan fingerprint density at radius 2 is 1.98 bits per heavy atom. The van der Waals surface area contributed by atoms with Crippen LogP contribution in [0.2, 0.25) is 5.02 Å². The molecule has 3 N–H and O–H groups in total. The predicted octanol–water partition coefficient (Wildman–Crippen LogP) is 5.87. The fraction of sp³-hybridized carbons (Fsp3) is 0.500. The fourth-order valence-corrected chi connectivity index (χ4v) is 8.32. The highest BCUT2D eigenvalue weighted by Crippen LogP contribution is 2.43. The van der Waals surface area contributed by atoms with E-state index < -0.39 is 5.82 Å². The van der Waals surface area contributed by atoms with Gasteiger partial charge >= 0.3 is 6.01 Å². The molecule has 3 unspecified atom stereocenters. The first-order chi connectivity index (χ1) is 19.9. The second-order valence-electron chi connectivity index (χ2n) is 11.6. The Bertz CT molecular complexity index is 1620. The van der Waals surface area contributed by atoms with E-state index in [0.717, 1.165) is 63.0 Å². The van der Waals surface area contributed by atoms with Crippen molar-refractivity contribution in [2.45, 2.75) is 63.6 Å². The molecule has 2 bridgehead atoms. The van der Waals surface area contributed by atoms with Crippen molar-refractivity contribution in [3.63, 3.8) is 0 Å². The number of likely N-dealkylation sites (N-methyl/N-ethyl adjacent to an activating group) is 1. The average molecular weight is 596 g/mol. The third-order valence-electron chi connectivity index (χ3n) is 9.32. The number of halogens is 2. The van der Waals surface area contributed by atoms with Crippen LogP contribution in [-0.4, -0.2) is 70.3 Å². The molecule has 3 aliphatic heterocycles. The van der Waals surface area contributed by atoms with E-state index in [4.69, 9.17) is 32.0 Å². The summed E-state index contributed by atoms with van der Waals surface area (Å²) in [6.07, 6.45) is 5.43. The largest absolute Gasteiger partial charge is 0.461 e. The first-order valence-corrected chi connectivity index (χ1v) is 15.9. The number of nitrogen functional groups attached to an aromatic ring is 1. The zero-order valence-electron chi connectivity index (χ0n) is 23.4. The lowest BCUT2D eigenvalue weighted by Crippen LogP contribution is -2.51. The van der Waals surface area contributed by atoms with E-state index in [-0.39, 0.29) is 22.6 Å². The van der Waals surface area contributed by atoms with Gasteiger partial charge in [-0.3, -0.25) is 4.90 Å². The Labute approximate surface area is 248 Å². The Kier molecular flexibility index (Phi) is 6.92. The Hall–Kier alpha value is -2.79. The van der Waals surface area contributed by atoms with Crippen LogP contribution in [0, 0.1) is 5.82 Å². The Morgan fingerprint density at radius 3 is 2.73 bits per heavy atom. The van der Waals surface area contributed by atoms with Gasteiger partial charge in [-0.05, 0) is 63.4 Å². The minimum atomic E-state index is -0.496. The molecule has 7 rings (SSSR count). The minimum absolute atomic E-state index is 0.0632. The summed E-state index contributed by atoms with van der Waals surface area (Å²) in [5, 5.41) is 6.44. The van der Waals surface area contributed by atoms with E-state index in [1.54, 1.807) is 12.1 Å². The third-order valence-corrected chi connectivity index (χ3v) is 10.6. The number of aromatic nitrogens is 3. The summed E-state index contributed by atoms with van der Waals surface area (Å²) in [6.45, 7) is 8.49. The summed E-state index contributed by atoms with van der Waals surface area (Å²) in [4.78, 5) is 18.9. The molecule has 216 valence electrons. The number of piperazine rings is 1. The number of hydrogen-bond donors (Lipinski definition) is 2. The summed E-state index contributed by atoms with van der Waals surface area (Å²) in [5.41, 5.74) is 7.65. The van der Waals surface area contributed by atoms with Crippen molar-refractivity contribution in [1.82, 2.24) is 25.2 Å². The van der Waals surface area contributed by atoms with E-state index in [1.165, 1.54) is 11.3 Å². The Balaban J connectivity index is 1.36. The van der Waals surface area contributed by atoms with Crippen LogP contribution in [0.25, 0.3) is 32.2 Å². The van der Waals surface area contributed by atoms with Crippen LogP contribution in [-0.2, 0) is 0 Å². The quantitative estimate of drug-likeness (QED) is 0.274. The van der Waals surface area contributed by atoms with Gasteiger partial charge in [-0.25, -0.2) is 9.37 Å². The predicted molar refractivity (Wildman–Crippen MR) is 165 cm³/mol. The van der Waals surface area contributed by atoms with Gasteiger partial charge in [0.2, 0.25) is 0 Å². The monoisotopic (exact) mass is 595 g/mol. The van der Waals surface area contributed by atoms with E-state index in [2.05, 4.69) is 33.9 Å². The molecule has 3 fully saturated rings.